The molecule has 4 nitrogen and oxygen atoms in total. The fourth-order valence-electron chi connectivity index (χ4n) is 5.42. The van der Waals surface area contributed by atoms with Crippen molar-refractivity contribution in [3.8, 4) is 55.3 Å². The van der Waals surface area contributed by atoms with Gasteiger partial charge >= 0.3 is 0 Å². The second-order valence-corrected chi connectivity index (χ2v) is 11.8. The molecule has 0 spiro atoms. The van der Waals surface area contributed by atoms with Gasteiger partial charge in [-0.25, -0.2) is 20.2 Å². The molecule has 0 atom stereocenters. The molecule has 2 aromatic carbocycles. The molecule has 2 aliphatic rings. The van der Waals surface area contributed by atoms with Crippen molar-refractivity contribution in [2.45, 2.75) is 0 Å². The molecule has 3 heterocycles. The maximum atomic E-state index is 9.93. The predicted octanol–water partition coefficient (Wildman–Crippen LogP) is 9.57. The third-order valence-electron chi connectivity index (χ3n) is 7.00. The smallest absolute Gasteiger partial charge is 0.226 e. The van der Waals surface area contributed by atoms with E-state index in [1.165, 1.54) is 11.3 Å². The van der Waals surface area contributed by atoms with Crippen LogP contribution in [0.5, 0.6) is 0 Å². The Balaban J connectivity index is 1.56. The van der Waals surface area contributed by atoms with Crippen LogP contribution in [0, 0.1) is 35.8 Å². The van der Waals surface area contributed by atoms with Crippen LogP contribution >= 0.6 is 34.0 Å². The number of thiophene rings is 3. The average Bonchev–Trinajstić information content (AvgIpc) is 3.79. The third kappa shape index (κ3) is 3.23. The molecule has 0 bridgehead atoms. The highest BCUT2D eigenvalue weighted by atomic mass is 32.1. The zero-order valence-corrected chi connectivity index (χ0v) is 22.4. The zero-order chi connectivity index (χ0) is 26.7. The lowest BCUT2D eigenvalue weighted by Gasteiger charge is -2.08. The first kappa shape index (κ1) is 23.1. The molecule has 7 rings (SSSR count). The number of nitriles is 2. The first-order valence-corrected chi connectivity index (χ1v) is 14.3. The summed E-state index contributed by atoms with van der Waals surface area (Å²) in [6.07, 6.45) is 0. The molecule has 7 heteroatoms. The molecule has 39 heavy (non-hydrogen) atoms. The third-order valence-corrected chi connectivity index (χ3v) is 10.1. The van der Waals surface area contributed by atoms with Gasteiger partial charge in [-0.15, -0.1) is 34.0 Å². The minimum Gasteiger partial charge on any atom is -0.226 e. The van der Waals surface area contributed by atoms with E-state index in [4.69, 9.17) is 13.1 Å². The molecule has 0 radical (unpaired) electrons. The Morgan fingerprint density at radius 1 is 0.641 bits per heavy atom. The predicted molar refractivity (Wildman–Crippen MR) is 158 cm³/mol. The van der Waals surface area contributed by atoms with E-state index in [0.717, 1.165) is 64.0 Å². The van der Waals surface area contributed by atoms with E-state index in [9.17, 15) is 10.5 Å². The summed E-state index contributed by atoms with van der Waals surface area (Å²) in [6.45, 7) is 15.5. The van der Waals surface area contributed by atoms with Gasteiger partial charge < -0.3 is 0 Å². The summed E-state index contributed by atoms with van der Waals surface area (Å²) >= 11 is 4.76. The Kier molecular flexibility index (Phi) is 5.21. The molecule has 178 valence electrons. The van der Waals surface area contributed by atoms with E-state index in [1.807, 2.05) is 22.9 Å². The topological polar surface area (TPSA) is 56.3 Å². The highest BCUT2D eigenvalue weighted by molar-refractivity contribution is 7.16. The Bertz CT molecular complexity index is 1910. The molecule has 5 aromatic rings. The molecular formula is C32H12N4S3. The molecule has 0 N–H and O–H groups in total. The summed E-state index contributed by atoms with van der Waals surface area (Å²) in [6, 6.07) is 24.8. The largest absolute Gasteiger partial charge is 0.271 e. The van der Waals surface area contributed by atoms with Crippen LogP contribution in [0.3, 0.4) is 0 Å². The number of fused-ring (bicyclic) bond motifs is 7. The van der Waals surface area contributed by atoms with Crippen molar-refractivity contribution in [3.63, 3.8) is 0 Å². The molecule has 0 unspecified atom stereocenters. The van der Waals surface area contributed by atoms with Gasteiger partial charge in [0.1, 0.15) is 0 Å². The van der Waals surface area contributed by atoms with Crippen molar-refractivity contribution in [2.24, 2.45) is 0 Å². The quantitative estimate of drug-likeness (QED) is 0.160. The molecular weight excluding hydrogens is 537 g/mol. The zero-order valence-electron chi connectivity index (χ0n) is 19.9. The van der Waals surface area contributed by atoms with Crippen LogP contribution in [-0.2, 0) is 0 Å². The summed E-state index contributed by atoms with van der Waals surface area (Å²) in [7, 11) is 0. The normalized spacial score (nSPS) is 14.7. The van der Waals surface area contributed by atoms with Crippen molar-refractivity contribution in [3.05, 3.63) is 127 Å². The molecule has 0 fully saturated rings. The number of hydrogen-bond acceptors (Lipinski definition) is 5. The van der Waals surface area contributed by atoms with Crippen LogP contribution in [0.1, 0.15) is 20.9 Å². The van der Waals surface area contributed by atoms with Crippen molar-refractivity contribution < 1.29 is 0 Å². The van der Waals surface area contributed by atoms with Gasteiger partial charge in [-0.2, -0.15) is 0 Å². The van der Waals surface area contributed by atoms with Gasteiger partial charge in [0.2, 0.25) is 0 Å². The molecule has 0 saturated heterocycles. The van der Waals surface area contributed by atoms with E-state index < -0.39 is 0 Å². The van der Waals surface area contributed by atoms with Crippen LogP contribution in [0.25, 0.3) is 64.0 Å². The SMILES string of the molecule is [C-]#[N+]/C(C#N)=C1/c2cc(-c3cccs3)ccc2-c2c1sc1c2-c2ccc(-c3cccs3)cc2/C1=C(/C#N)[N+]#[C-]. The first-order chi connectivity index (χ1) is 19.2. The highest BCUT2D eigenvalue weighted by Crippen LogP contribution is 2.62. The summed E-state index contributed by atoms with van der Waals surface area (Å²) in [5.41, 5.74) is 9.04. The minimum absolute atomic E-state index is 0.0442. The second-order valence-electron chi connectivity index (χ2n) is 8.88. The highest BCUT2D eigenvalue weighted by Gasteiger charge is 2.39. The second kappa shape index (κ2) is 8.78. The number of rotatable bonds is 2. The van der Waals surface area contributed by atoms with Gasteiger partial charge in [0.05, 0.1) is 25.3 Å². The number of allylic oxidation sites excluding steroid dienone is 2. The Hall–Kier alpha value is -5.02. The molecule has 3 aromatic heterocycles. The molecule has 2 aliphatic carbocycles. The van der Waals surface area contributed by atoms with Crippen molar-refractivity contribution >= 4 is 45.2 Å². The average molecular weight is 549 g/mol. The van der Waals surface area contributed by atoms with Crippen molar-refractivity contribution in [2.75, 3.05) is 0 Å². The standard InChI is InChI=1S/C32H12N4S3/c1-35-23(15-33)27-21-13-17(25-5-3-11-37-25)7-9-19(21)29-30-20-10-8-18(26-6-4-12-38-26)14-22(20)28(24(16-34)36-2)32(30)39-31(27)29/h3-14H/b27-23-,28-24+. The van der Waals surface area contributed by atoms with Crippen LogP contribution in [-0.4, -0.2) is 0 Å². The van der Waals surface area contributed by atoms with E-state index in [2.05, 4.69) is 70.4 Å². The number of benzene rings is 2. The van der Waals surface area contributed by atoms with Gasteiger partial charge in [-0.05, 0) is 68.4 Å². The first-order valence-electron chi connectivity index (χ1n) is 11.8. The van der Waals surface area contributed by atoms with E-state index >= 15 is 0 Å². The Labute approximate surface area is 236 Å². The van der Waals surface area contributed by atoms with E-state index in [-0.39, 0.29) is 11.4 Å². The van der Waals surface area contributed by atoms with Gasteiger partial charge in [-0.3, -0.25) is 0 Å². The Morgan fingerprint density at radius 2 is 1.10 bits per heavy atom. The van der Waals surface area contributed by atoms with E-state index in [1.54, 1.807) is 22.7 Å². The lowest BCUT2D eigenvalue weighted by molar-refractivity contribution is 1.50. The number of hydrogen-bond donors (Lipinski definition) is 0. The van der Waals surface area contributed by atoms with Crippen LogP contribution < -0.4 is 0 Å². The molecule has 0 saturated carbocycles. The fourth-order valence-corrected chi connectivity index (χ4v) is 8.31. The van der Waals surface area contributed by atoms with E-state index in [0.29, 0.717) is 11.1 Å². The maximum absolute atomic E-state index is 9.93. The number of nitrogens with zero attached hydrogens (tertiary/aromatic N) is 4. The van der Waals surface area contributed by atoms with Crippen molar-refractivity contribution in [1.29, 1.82) is 10.5 Å². The summed E-state index contributed by atoms with van der Waals surface area (Å²) < 4.78 is 0. The summed E-state index contributed by atoms with van der Waals surface area (Å²) in [4.78, 5) is 11.1. The van der Waals surface area contributed by atoms with Gasteiger partial charge in [0, 0.05) is 41.8 Å². The van der Waals surface area contributed by atoms with Gasteiger partial charge in [0.15, 0.2) is 0 Å². The van der Waals surface area contributed by atoms with Crippen LogP contribution in [0.15, 0.2) is 82.8 Å². The van der Waals surface area contributed by atoms with Crippen LogP contribution in [0.2, 0.25) is 0 Å². The minimum atomic E-state index is 0.0442. The fraction of sp³-hybridized carbons (Fsp3) is 0. The summed E-state index contributed by atoms with van der Waals surface area (Å²) in [5.74, 6) is 0. The van der Waals surface area contributed by atoms with Gasteiger partial charge in [0.25, 0.3) is 11.4 Å². The maximum Gasteiger partial charge on any atom is 0.271 e. The monoisotopic (exact) mass is 548 g/mol. The summed E-state index contributed by atoms with van der Waals surface area (Å²) in [5, 5.41) is 23.9. The van der Waals surface area contributed by atoms with Gasteiger partial charge in [-0.1, -0.05) is 36.4 Å². The van der Waals surface area contributed by atoms with Crippen LogP contribution in [0.4, 0.5) is 0 Å². The molecule has 0 aliphatic heterocycles. The molecule has 0 amide bonds. The lowest BCUT2D eigenvalue weighted by atomic mass is 9.96. The Morgan fingerprint density at radius 3 is 1.46 bits per heavy atom. The lowest BCUT2D eigenvalue weighted by Crippen LogP contribution is -1.87. The van der Waals surface area contributed by atoms with Crippen molar-refractivity contribution in [1.82, 2.24) is 0 Å².